The molecule has 124 valence electrons. The first-order chi connectivity index (χ1) is 11.4. The van der Waals surface area contributed by atoms with E-state index >= 15 is 0 Å². The molecule has 0 bridgehead atoms. The number of aromatic amines is 1. The largest absolute Gasteiger partial charge is 0.497 e. The second kappa shape index (κ2) is 6.13. The van der Waals surface area contributed by atoms with Gasteiger partial charge in [-0.05, 0) is 17.7 Å². The van der Waals surface area contributed by atoms with Crippen molar-refractivity contribution in [2.75, 3.05) is 7.11 Å². The Hall–Kier alpha value is -2.60. The molecular weight excluding hydrogens is 338 g/mol. The fraction of sp³-hybridized carbons (Fsp3) is 0.118. The number of nitrogens with zero attached hydrogens (tertiary/aromatic N) is 1. The highest BCUT2D eigenvalue weighted by atomic mass is 35.5. The smallest absolute Gasteiger partial charge is 0.274 e. The van der Waals surface area contributed by atoms with Crippen molar-refractivity contribution in [1.82, 2.24) is 9.78 Å². The monoisotopic (exact) mass is 350 g/mol. The molecule has 0 saturated carbocycles. The van der Waals surface area contributed by atoms with E-state index in [1.165, 1.54) is 18.8 Å². The molecule has 3 aromatic rings. The van der Waals surface area contributed by atoms with Crippen molar-refractivity contribution in [2.45, 2.75) is 0 Å². The Balaban J connectivity index is 2.29. The number of ether oxygens (including phenoxy) is 1. The van der Waals surface area contributed by atoms with Crippen LogP contribution in [0.2, 0.25) is 5.02 Å². The molecule has 0 aliphatic heterocycles. The maximum Gasteiger partial charge on any atom is 0.274 e. The lowest BCUT2D eigenvalue weighted by Gasteiger charge is -2.08. The fourth-order valence-corrected chi connectivity index (χ4v) is 2.65. The highest BCUT2D eigenvalue weighted by Crippen LogP contribution is 2.34. The van der Waals surface area contributed by atoms with Gasteiger partial charge in [-0.25, -0.2) is 8.78 Å². The third-order valence-electron chi connectivity index (χ3n) is 3.68. The number of methoxy groups -OCH3 is 1. The third-order valence-corrected chi connectivity index (χ3v) is 3.93. The molecule has 0 unspecified atom stereocenters. The van der Waals surface area contributed by atoms with Crippen molar-refractivity contribution in [2.24, 2.45) is 7.05 Å². The van der Waals surface area contributed by atoms with Gasteiger partial charge in [0.15, 0.2) is 0 Å². The number of hydrogen-bond acceptors (Lipinski definition) is 2. The number of benzene rings is 2. The maximum atomic E-state index is 14.4. The Kier molecular flexibility index (Phi) is 4.15. The molecular formula is C17H13ClF2N2O2. The van der Waals surface area contributed by atoms with Crippen LogP contribution < -0.4 is 10.3 Å². The topological polar surface area (TPSA) is 47.0 Å². The molecule has 1 N–H and O–H groups in total. The average molecular weight is 351 g/mol. The first-order valence-electron chi connectivity index (χ1n) is 7.00. The summed E-state index contributed by atoms with van der Waals surface area (Å²) in [5.74, 6) is -1.60. The standard InChI is InChI=1S/C17H13ClF2N2O2/c1-22-17(23)14(9-3-5-10(18)6-4-9)16(21-22)15-12(19)7-11(24-2)8-13(15)20/h3-8,21H,1-2H3. The number of hydrogen-bond donors (Lipinski definition) is 1. The van der Waals surface area contributed by atoms with Gasteiger partial charge < -0.3 is 4.74 Å². The predicted octanol–water partition coefficient (Wildman–Crippen LogP) is 3.99. The molecule has 0 aliphatic carbocycles. The van der Waals surface area contributed by atoms with Crippen LogP contribution in [0.15, 0.2) is 41.2 Å². The number of halogens is 3. The van der Waals surface area contributed by atoms with Gasteiger partial charge in [-0.3, -0.25) is 14.6 Å². The van der Waals surface area contributed by atoms with Gasteiger partial charge >= 0.3 is 0 Å². The van der Waals surface area contributed by atoms with Crippen molar-refractivity contribution in [3.8, 4) is 28.1 Å². The summed E-state index contributed by atoms with van der Waals surface area (Å²) in [6, 6.07) is 8.58. The van der Waals surface area contributed by atoms with Gasteiger partial charge in [0.1, 0.15) is 17.4 Å². The molecule has 0 amide bonds. The fourth-order valence-electron chi connectivity index (χ4n) is 2.52. The second-order valence-corrected chi connectivity index (χ2v) is 5.64. The molecule has 0 spiro atoms. The Morgan fingerprint density at radius 3 is 2.21 bits per heavy atom. The summed E-state index contributed by atoms with van der Waals surface area (Å²) in [5.41, 5.74) is 0.00543. The van der Waals surface area contributed by atoms with E-state index in [-0.39, 0.29) is 22.6 Å². The molecule has 3 rings (SSSR count). The van der Waals surface area contributed by atoms with E-state index in [9.17, 15) is 13.6 Å². The first kappa shape index (κ1) is 16.3. The van der Waals surface area contributed by atoms with Crippen LogP contribution in [0.1, 0.15) is 0 Å². The van der Waals surface area contributed by atoms with E-state index in [1.807, 2.05) is 0 Å². The van der Waals surface area contributed by atoms with Crippen LogP contribution in [-0.4, -0.2) is 16.9 Å². The summed E-state index contributed by atoms with van der Waals surface area (Å²) in [6.45, 7) is 0. The Morgan fingerprint density at radius 2 is 1.67 bits per heavy atom. The van der Waals surface area contributed by atoms with E-state index in [0.717, 1.165) is 12.1 Å². The Labute approximate surface area is 141 Å². The molecule has 0 saturated heterocycles. The summed E-state index contributed by atoms with van der Waals surface area (Å²) in [7, 11) is 2.79. The van der Waals surface area contributed by atoms with Gasteiger partial charge in [0.2, 0.25) is 0 Å². The van der Waals surface area contributed by atoms with Crippen LogP contribution in [0.4, 0.5) is 8.78 Å². The number of H-pyrrole nitrogens is 1. The van der Waals surface area contributed by atoms with Crippen molar-refractivity contribution in [3.05, 3.63) is 63.4 Å². The number of rotatable bonds is 3. The molecule has 24 heavy (non-hydrogen) atoms. The molecule has 2 aromatic carbocycles. The summed E-state index contributed by atoms with van der Waals surface area (Å²) in [6.07, 6.45) is 0. The SMILES string of the molecule is COc1cc(F)c(-c2[nH]n(C)c(=O)c2-c2ccc(Cl)cc2)c(F)c1. The average Bonchev–Trinajstić information content (AvgIpc) is 2.83. The van der Waals surface area contributed by atoms with E-state index in [4.69, 9.17) is 16.3 Å². The second-order valence-electron chi connectivity index (χ2n) is 5.20. The summed E-state index contributed by atoms with van der Waals surface area (Å²) in [5, 5.41) is 3.21. The lowest BCUT2D eigenvalue weighted by atomic mass is 10.0. The van der Waals surface area contributed by atoms with Crippen molar-refractivity contribution in [3.63, 3.8) is 0 Å². The van der Waals surface area contributed by atoms with Gasteiger partial charge in [-0.2, -0.15) is 0 Å². The molecule has 0 fully saturated rings. The number of aryl methyl sites for hydroxylation is 1. The highest BCUT2D eigenvalue weighted by Gasteiger charge is 2.22. The Bertz CT molecular complexity index is 939. The zero-order valence-electron chi connectivity index (χ0n) is 12.9. The molecule has 0 aliphatic rings. The summed E-state index contributed by atoms with van der Waals surface area (Å²) in [4.78, 5) is 12.4. The van der Waals surface area contributed by atoms with Gasteiger partial charge in [-0.1, -0.05) is 23.7 Å². The maximum absolute atomic E-state index is 14.4. The van der Waals surface area contributed by atoms with Crippen LogP contribution >= 0.6 is 11.6 Å². The van der Waals surface area contributed by atoms with Crippen LogP contribution in [0.25, 0.3) is 22.4 Å². The van der Waals surface area contributed by atoms with Gasteiger partial charge in [0.25, 0.3) is 5.56 Å². The van der Waals surface area contributed by atoms with E-state index in [1.54, 1.807) is 24.3 Å². The minimum atomic E-state index is -0.830. The van der Waals surface area contributed by atoms with E-state index < -0.39 is 17.2 Å². The quantitative estimate of drug-likeness (QED) is 0.776. The minimum Gasteiger partial charge on any atom is -0.497 e. The highest BCUT2D eigenvalue weighted by molar-refractivity contribution is 6.30. The van der Waals surface area contributed by atoms with Gasteiger partial charge in [0, 0.05) is 24.2 Å². The summed E-state index contributed by atoms with van der Waals surface area (Å²) >= 11 is 5.86. The van der Waals surface area contributed by atoms with Crippen molar-refractivity contribution in [1.29, 1.82) is 0 Å². The van der Waals surface area contributed by atoms with Crippen LogP contribution in [0.3, 0.4) is 0 Å². The molecule has 0 radical (unpaired) electrons. The van der Waals surface area contributed by atoms with Gasteiger partial charge in [-0.15, -0.1) is 0 Å². The van der Waals surface area contributed by atoms with E-state index in [2.05, 4.69) is 5.10 Å². The predicted molar refractivity (Wildman–Crippen MR) is 88.4 cm³/mol. The molecule has 4 nitrogen and oxygen atoms in total. The van der Waals surface area contributed by atoms with Crippen molar-refractivity contribution >= 4 is 11.6 Å². The van der Waals surface area contributed by atoms with Crippen molar-refractivity contribution < 1.29 is 13.5 Å². The van der Waals surface area contributed by atoms with Crippen LogP contribution in [-0.2, 0) is 7.05 Å². The molecule has 1 heterocycles. The number of aromatic nitrogens is 2. The van der Waals surface area contributed by atoms with Crippen LogP contribution in [0, 0.1) is 11.6 Å². The van der Waals surface area contributed by atoms with Crippen LogP contribution in [0.5, 0.6) is 5.75 Å². The summed E-state index contributed by atoms with van der Waals surface area (Å²) < 4.78 is 34.8. The molecule has 0 atom stereocenters. The molecule has 1 aromatic heterocycles. The van der Waals surface area contributed by atoms with Gasteiger partial charge in [0.05, 0.1) is 23.9 Å². The lowest BCUT2D eigenvalue weighted by molar-refractivity contribution is 0.407. The normalized spacial score (nSPS) is 10.9. The zero-order valence-corrected chi connectivity index (χ0v) is 13.6. The third kappa shape index (κ3) is 2.69. The lowest BCUT2D eigenvalue weighted by Crippen LogP contribution is -2.13. The zero-order chi connectivity index (χ0) is 17.4. The van der Waals surface area contributed by atoms with E-state index in [0.29, 0.717) is 10.6 Å². The minimum absolute atomic E-state index is 0.0556. The number of nitrogens with one attached hydrogen (secondary N) is 1. The Morgan fingerprint density at radius 1 is 1.08 bits per heavy atom. The molecule has 7 heteroatoms. The first-order valence-corrected chi connectivity index (χ1v) is 7.38.